The number of urea groups is 1. The molecule has 3 rings (SSSR count). The Hall–Kier alpha value is -2.63. The van der Waals surface area contributed by atoms with Gasteiger partial charge in [-0.1, -0.05) is 51.8 Å². The van der Waals surface area contributed by atoms with Gasteiger partial charge < -0.3 is 15.4 Å². The lowest BCUT2D eigenvalue weighted by atomic mass is 9.86. The summed E-state index contributed by atoms with van der Waals surface area (Å²) >= 11 is 0. The van der Waals surface area contributed by atoms with Gasteiger partial charge in [0, 0.05) is 11.6 Å². The number of pyridine rings is 1. The standard InChI is InChI=1S/C21H26FN3O2/c1-21(2,3)15-10-6-7-11-17(15)27-19-16(12-13-18(22)25-19)24-20(26)23-14-8-4-5-9-14/h6-7,10-14H,4-5,8-9H2,1-3H3,(H2,23,24,26)/i22-1. The zero-order chi connectivity index (χ0) is 19.4. The zero-order valence-electron chi connectivity index (χ0n) is 16.0. The van der Waals surface area contributed by atoms with Crippen molar-refractivity contribution in [3.8, 4) is 11.6 Å². The average Bonchev–Trinajstić information content (AvgIpc) is 3.10. The lowest BCUT2D eigenvalue weighted by molar-refractivity contribution is 0.248. The molecule has 0 bridgehead atoms. The highest BCUT2D eigenvalue weighted by Gasteiger charge is 2.21. The van der Waals surface area contributed by atoms with Crippen molar-refractivity contribution < 1.29 is 13.9 Å². The maximum atomic E-state index is 13.7. The van der Waals surface area contributed by atoms with Crippen LogP contribution in [-0.4, -0.2) is 17.1 Å². The second kappa shape index (κ2) is 7.94. The fourth-order valence-electron chi connectivity index (χ4n) is 3.28. The van der Waals surface area contributed by atoms with Gasteiger partial charge in [0.05, 0.1) is 0 Å². The second-order valence-corrected chi connectivity index (χ2v) is 7.91. The second-order valence-electron chi connectivity index (χ2n) is 7.91. The summed E-state index contributed by atoms with van der Waals surface area (Å²) in [4.78, 5) is 16.1. The quantitative estimate of drug-likeness (QED) is 0.711. The number of nitrogens with one attached hydrogen (secondary N) is 2. The van der Waals surface area contributed by atoms with Crippen molar-refractivity contribution >= 4 is 11.7 Å². The Bertz CT molecular complexity index is 811. The molecule has 0 atom stereocenters. The first kappa shape index (κ1) is 19.1. The van der Waals surface area contributed by atoms with Crippen LogP contribution in [0.4, 0.5) is 14.9 Å². The molecule has 1 aliphatic carbocycles. The molecule has 5 nitrogen and oxygen atoms in total. The molecule has 1 heterocycles. The van der Waals surface area contributed by atoms with Gasteiger partial charge in [-0.25, -0.2) is 4.79 Å². The first-order valence-electron chi connectivity index (χ1n) is 9.34. The summed E-state index contributed by atoms with van der Waals surface area (Å²) in [7, 11) is 0. The van der Waals surface area contributed by atoms with Crippen molar-refractivity contribution in [3.05, 3.63) is 47.9 Å². The van der Waals surface area contributed by atoms with Gasteiger partial charge in [-0.2, -0.15) is 9.37 Å². The van der Waals surface area contributed by atoms with Gasteiger partial charge in [-0.05, 0) is 36.5 Å². The van der Waals surface area contributed by atoms with Gasteiger partial charge in [0.1, 0.15) is 11.4 Å². The fourth-order valence-corrected chi connectivity index (χ4v) is 3.28. The van der Waals surface area contributed by atoms with E-state index >= 15 is 0 Å². The summed E-state index contributed by atoms with van der Waals surface area (Å²) in [6.45, 7) is 6.22. The maximum absolute atomic E-state index is 13.7. The number of rotatable bonds is 4. The van der Waals surface area contributed by atoms with Gasteiger partial charge in [-0.3, -0.25) is 0 Å². The number of carbonyl (C=O) groups is 1. The number of aromatic nitrogens is 1. The Labute approximate surface area is 159 Å². The minimum Gasteiger partial charge on any atom is -0.437 e. The summed E-state index contributed by atoms with van der Waals surface area (Å²) in [6, 6.07) is 10.1. The van der Waals surface area contributed by atoms with E-state index in [0.717, 1.165) is 31.2 Å². The minimum absolute atomic E-state index is 0.0354. The van der Waals surface area contributed by atoms with E-state index in [4.69, 9.17) is 4.74 Å². The highest BCUT2D eigenvalue weighted by Crippen LogP contribution is 2.35. The Balaban J connectivity index is 1.82. The largest absolute Gasteiger partial charge is 0.437 e. The molecular formula is C21H26FN3O2. The molecule has 27 heavy (non-hydrogen) atoms. The van der Waals surface area contributed by atoms with Crippen LogP contribution in [0.25, 0.3) is 0 Å². The van der Waals surface area contributed by atoms with Crippen LogP contribution in [0.2, 0.25) is 0 Å². The van der Waals surface area contributed by atoms with Crippen molar-refractivity contribution in [2.24, 2.45) is 0 Å². The molecule has 6 heteroatoms. The van der Waals surface area contributed by atoms with Crippen LogP contribution >= 0.6 is 0 Å². The van der Waals surface area contributed by atoms with E-state index in [-0.39, 0.29) is 23.4 Å². The number of carbonyl (C=O) groups excluding carboxylic acids is 1. The normalized spacial score (nSPS) is 14.8. The molecular weight excluding hydrogens is 344 g/mol. The number of benzene rings is 1. The Morgan fingerprint density at radius 2 is 1.85 bits per heavy atom. The van der Waals surface area contributed by atoms with E-state index in [1.807, 2.05) is 24.3 Å². The average molecular weight is 370 g/mol. The van der Waals surface area contributed by atoms with Gasteiger partial charge in [0.2, 0.25) is 11.8 Å². The van der Waals surface area contributed by atoms with Gasteiger partial charge >= 0.3 is 6.03 Å². The third-order valence-electron chi connectivity index (χ3n) is 4.67. The van der Waals surface area contributed by atoms with Gasteiger partial charge in [-0.15, -0.1) is 0 Å². The Morgan fingerprint density at radius 3 is 2.56 bits per heavy atom. The molecule has 2 amide bonds. The lowest BCUT2D eigenvalue weighted by Gasteiger charge is -2.23. The van der Waals surface area contributed by atoms with Crippen LogP contribution in [0.3, 0.4) is 0 Å². The molecule has 0 spiro atoms. The monoisotopic (exact) mass is 370 g/mol. The van der Waals surface area contributed by atoms with Crippen molar-refractivity contribution in [2.75, 3.05) is 5.32 Å². The van der Waals surface area contributed by atoms with E-state index < -0.39 is 5.95 Å². The molecule has 0 aliphatic heterocycles. The molecule has 1 aromatic heterocycles. The highest BCUT2D eigenvalue weighted by atomic mass is 18.2. The zero-order valence-corrected chi connectivity index (χ0v) is 16.0. The molecule has 1 fully saturated rings. The first-order valence-corrected chi connectivity index (χ1v) is 9.34. The summed E-state index contributed by atoms with van der Waals surface area (Å²) in [5.41, 5.74) is 1.14. The Kier molecular flexibility index (Phi) is 5.63. The number of hydrogen-bond acceptors (Lipinski definition) is 3. The molecule has 144 valence electrons. The molecule has 2 N–H and O–H groups in total. The number of halogens is 1. The van der Waals surface area contributed by atoms with Crippen molar-refractivity contribution in [2.45, 2.75) is 57.9 Å². The van der Waals surface area contributed by atoms with Crippen LogP contribution in [-0.2, 0) is 5.41 Å². The highest BCUT2D eigenvalue weighted by molar-refractivity contribution is 5.90. The predicted octanol–water partition coefficient (Wildman–Crippen LogP) is 5.37. The smallest absolute Gasteiger partial charge is 0.319 e. The maximum Gasteiger partial charge on any atom is 0.319 e. The summed E-state index contributed by atoms with van der Waals surface area (Å²) in [5.74, 6) is -0.0457. The van der Waals surface area contributed by atoms with Gasteiger partial charge in [0.15, 0.2) is 0 Å². The summed E-state index contributed by atoms with van der Waals surface area (Å²) < 4.78 is 19.7. The predicted molar refractivity (Wildman–Crippen MR) is 104 cm³/mol. The van der Waals surface area contributed by atoms with Crippen molar-refractivity contribution in [1.82, 2.24) is 10.3 Å². The number of ether oxygens (including phenoxy) is 1. The topological polar surface area (TPSA) is 63.2 Å². The van der Waals surface area contributed by atoms with Crippen LogP contribution in [0.15, 0.2) is 36.4 Å². The van der Waals surface area contributed by atoms with E-state index in [0.29, 0.717) is 11.4 Å². The van der Waals surface area contributed by atoms with E-state index in [2.05, 4.69) is 36.4 Å². The van der Waals surface area contributed by atoms with E-state index in [1.165, 1.54) is 12.1 Å². The first-order chi connectivity index (χ1) is 12.8. The van der Waals surface area contributed by atoms with Crippen LogP contribution in [0, 0.1) is 5.95 Å². The summed E-state index contributed by atoms with van der Waals surface area (Å²) in [5, 5.41) is 5.68. The SMILES string of the molecule is CC(C)(C)c1ccccc1Oc1nc([18F])ccc1NC(=O)NC1CCCC1. The molecule has 2 aromatic rings. The van der Waals surface area contributed by atoms with Crippen molar-refractivity contribution in [1.29, 1.82) is 0 Å². The van der Waals surface area contributed by atoms with Crippen LogP contribution < -0.4 is 15.4 Å². The number of anilines is 1. The molecule has 0 unspecified atom stereocenters. The van der Waals surface area contributed by atoms with E-state index in [1.54, 1.807) is 0 Å². The minimum atomic E-state index is -0.667. The molecule has 1 aromatic carbocycles. The number of hydrogen-bond donors (Lipinski definition) is 2. The van der Waals surface area contributed by atoms with Crippen molar-refractivity contribution in [3.63, 3.8) is 0 Å². The van der Waals surface area contributed by atoms with Crippen LogP contribution in [0.1, 0.15) is 52.0 Å². The third kappa shape index (κ3) is 4.96. The number of para-hydroxylation sites is 1. The number of amides is 2. The molecule has 0 saturated heterocycles. The van der Waals surface area contributed by atoms with Gasteiger partial charge in [0.25, 0.3) is 0 Å². The number of nitrogens with zero attached hydrogens (tertiary/aromatic N) is 1. The Morgan fingerprint density at radius 1 is 1.15 bits per heavy atom. The van der Waals surface area contributed by atoms with E-state index in [9.17, 15) is 9.18 Å². The third-order valence-corrected chi connectivity index (χ3v) is 4.67. The van der Waals surface area contributed by atoms with Crippen LogP contribution in [0.5, 0.6) is 11.6 Å². The fraction of sp³-hybridized carbons (Fsp3) is 0.429. The lowest BCUT2D eigenvalue weighted by Crippen LogP contribution is -2.36. The summed E-state index contributed by atoms with van der Waals surface area (Å²) in [6.07, 6.45) is 4.22. The molecule has 0 radical (unpaired) electrons. The molecule has 1 aliphatic rings. The molecule has 1 saturated carbocycles.